The molecule has 0 saturated carbocycles. The number of nitrogens with zero attached hydrogens (tertiary/aromatic N) is 4. The molecule has 3 heterocycles. The lowest BCUT2D eigenvalue weighted by atomic mass is 10.1. The van der Waals surface area contributed by atoms with Crippen molar-refractivity contribution in [3.05, 3.63) is 41.0 Å². The molecule has 1 atom stereocenters. The Morgan fingerprint density at radius 1 is 1.27 bits per heavy atom. The number of benzene rings is 1. The zero-order valence-electron chi connectivity index (χ0n) is 14.9. The normalized spacial score (nSPS) is 18.2. The third-order valence-corrected chi connectivity index (χ3v) is 5.33. The van der Waals surface area contributed by atoms with Gasteiger partial charge >= 0.3 is 0 Å². The van der Waals surface area contributed by atoms with Crippen molar-refractivity contribution in [3.8, 4) is 17.0 Å². The lowest BCUT2D eigenvalue weighted by molar-refractivity contribution is 0.260. The number of hydrogen-bond acceptors (Lipinski definition) is 5. The number of ether oxygens (including phenoxy) is 1. The highest BCUT2D eigenvalue weighted by atomic mass is 79.9. The molecule has 0 spiro atoms. The lowest BCUT2D eigenvalue weighted by Gasteiger charge is -2.30. The first-order valence-electron chi connectivity index (χ1n) is 8.78. The van der Waals surface area contributed by atoms with Crippen LogP contribution >= 0.6 is 15.9 Å². The Hall–Kier alpha value is -2.12. The monoisotopic (exact) mass is 415 g/mol. The second-order valence-electron chi connectivity index (χ2n) is 6.73. The van der Waals surface area contributed by atoms with Crippen molar-refractivity contribution in [3.63, 3.8) is 0 Å². The summed E-state index contributed by atoms with van der Waals surface area (Å²) in [6.07, 6.45) is 4.37. The van der Waals surface area contributed by atoms with Crippen molar-refractivity contribution < 1.29 is 4.74 Å². The van der Waals surface area contributed by atoms with Crippen LogP contribution in [0.25, 0.3) is 16.8 Å². The van der Waals surface area contributed by atoms with Crippen molar-refractivity contribution in [2.24, 2.45) is 0 Å². The number of fused-ring (bicyclic) bond motifs is 1. The zero-order chi connectivity index (χ0) is 18.1. The average Bonchev–Trinajstić information content (AvgIpc) is 3.12. The molecular weight excluding hydrogens is 394 g/mol. The number of methoxy groups -OCH3 is 1. The molecule has 1 fully saturated rings. The number of nitrogens with one attached hydrogen (secondary N) is 1. The van der Waals surface area contributed by atoms with E-state index >= 15 is 0 Å². The van der Waals surface area contributed by atoms with E-state index < -0.39 is 0 Å². The van der Waals surface area contributed by atoms with E-state index in [0.717, 1.165) is 52.5 Å². The molecule has 1 aromatic carbocycles. The first kappa shape index (κ1) is 17.3. The van der Waals surface area contributed by atoms with Gasteiger partial charge in [-0.2, -0.15) is 0 Å². The average molecular weight is 416 g/mol. The van der Waals surface area contributed by atoms with Gasteiger partial charge < -0.3 is 15.0 Å². The molecule has 136 valence electrons. The molecule has 7 heteroatoms. The van der Waals surface area contributed by atoms with Gasteiger partial charge in [-0.25, -0.2) is 0 Å². The number of aromatic nitrogens is 3. The van der Waals surface area contributed by atoms with Crippen LogP contribution in [0.15, 0.2) is 41.0 Å². The molecule has 1 aliphatic rings. The minimum absolute atomic E-state index is 0.390. The molecular formula is C19H22BrN5O. The Balaban J connectivity index is 1.72. The molecule has 6 nitrogen and oxygen atoms in total. The summed E-state index contributed by atoms with van der Waals surface area (Å²) >= 11 is 3.49. The van der Waals surface area contributed by atoms with Crippen LogP contribution in [0.1, 0.15) is 12.8 Å². The van der Waals surface area contributed by atoms with E-state index in [1.54, 1.807) is 7.11 Å². The van der Waals surface area contributed by atoms with Crippen molar-refractivity contribution in [2.75, 3.05) is 32.6 Å². The highest BCUT2D eigenvalue weighted by Gasteiger charge is 2.20. The van der Waals surface area contributed by atoms with Crippen molar-refractivity contribution in [1.82, 2.24) is 19.5 Å². The van der Waals surface area contributed by atoms with E-state index in [9.17, 15) is 0 Å². The van der Waals surface area contributed by atoms with Crippen LogP contribution in [-0.4, -0.2) is 52.8 Å². The van der Waals surface area contributed by atoms with E-state index in [-0.39, 0.29) is 0 Å². The maximum atomic E-state index is 5.54. The van der Waals surface area contributed by atoms with Gasteiger partial charge in [0.15, 0.2) is 0 Å². The molecule has 2 aromatic heterocycles. The number of rotatable bonds is 4. The van der Waals surface area contributed by atoms with Crippen molar-refractivity contribution in [2.45, 2.75) is 18.9 Å². The summed E-state index contributed by atoms with van der Waals surface area (Å²) in [6, 6.07) is 10.4. The summed E-state index contributed by atoms with van der Waals surface area (Å²) in [4.78, 5) is 2.35. The first-order valence-corrected chi connectivity index (χ1v) is 9.58. The predicted octanol–water partition coefficient (Wildman–Crippen LogP) is 3.67. The first-order chi connectivity index (χ1) is 12.7. The fourth-order valence-corrected chi connectivity index (χ4v) is 3.91. The lowest BCUT2D eigenvalue weighted by Crippen LogP contribution is -2.40. The SMILES string of the molecule is COc1cc(Br)ccc1-c1nnc(N[C@@H]2CCCN(C)C2)n2cccc12. The maximum absolute atomic E-state index is 5.54. The molecule has 4 rings (SSSR count). The van der Waals surface area contributed by atoms with Gasteiger partial charge in [0.2, 0.25) is 5.95 Å². The van der Waals surface area contributed by atoms with Crippen LogP contribution in [0.5, 0.6) is 5.75 Å². The van der Waals surface area contributed by atoms with Crippen LogP contribution in [0.3, 0.4) is 0 Å². The summed E-state index contributed by atoms with van der Waals surface area (Å²) in [6.45, 7) is 2.18. The fraction of sp³-hybridized carbons (Fsp3) is 0.368. The van der Waals surface area contributed by atoms with Gasteiger partial charge in [0.25, 0.3) is 0 Å². The van der Waals surface area contributed by atoms with Crippen LogP contribution in [0.2, 0.25) is 0 Å². The number of likely N-dealkylation sites (N-methyl/N-ethyl adjacent to an activating group) is 1. The third-order valence-electron chi connectivity index (χ3n) is 4.84. The second kappa shape index (κ2) is 7.25. The highest BCUT2D eigenvalue weighted by Crippen LogP contribution is 2.34. The number of hydrogen-bond donors (Lipinski definition) is 1. The topological polar surface area (TPSA) is 54.7 Å². The largest absolute Gasteiger partial charge is 0.496 e. The Morgan fingerprint density at radius 3 is 2.96 bits per heavy atom. The molecule has 0 aliphatic carbocycles. The van der Waals surface area contributed by atoms with Crippen LogP contribution < -0.4 is 10.1 Å². The van der Waals surface area contributed by atoms with Crippen molar-refractivity contribution in [1.29, 1.82) is 0 Å². The van der Waals surface area contributed by atoms with Crippen LogP contribution in [0, 0.1) is 0 Å². The summed E-state index contributed by atoms with van der Waals surface area (Å²) in [7, 11) is 3.83. The van der Waals surface area contributed by atoms with Gasteiger partial charge in [0.05, 0.1) is 12.6 Å². The van der Waals surface area contributed by atoms with Crippen LogP contribution in [0.4, 0.5) is 5.95 Å². The van der Waals surface area contributed by atoms with Gasteiger partial charge in [0, 0.05) is 28.8 Å². The molecule has 3 aromatic rings. The van der Waals surface area contributed by atoms with Gasteiger partial charge in [-0.1, -0.05) is 15.9 Å². The van der Waals surface area contributed by atoms with Gasteiger partial charge in [-0.3, -0.25) is 4.40 Å². The van der Waals surface area contributed by atoms with E-state index in [1.807, 2.05) is 30.5 Å². The molecule has 1 saturated heterocycles. The summed E-state index contributed by atoms with van der Waals surface area (Å²) < 4.78 is 8.58. The van der Waals surface area contributed by atoms with Gasteiger partial charge in [-0.05, 0) is 56.8 Å². The minimum Gasteiger partial charge on any atom is -0.496 e. The number of anilines is 1. The standard InChI is InChI=1S/C19H22BrN5O/c1-24-9-3-5-14(12-24)21-19-23-22-18(16-6-4-10-25(16)19)15-8-7-13(20)11-17(15)26-2/h4,6-8,10-11,14H,3,5,9,12H2,1-2H3,(H,21,23)/t14-/m1/s1. The van der Waals surface area contributed by atoms with E-state index in [2.05, 4.69) is 53.9 Å². The quantitative estimate of drug-likeness (QED) is 0.704. The number of halogens is 1. The molecule has 0 unspecified atom stereocenters. The molecule has 0 amide bonds. The number of likely N-dealkylation sites (tertiary alicyclic amines) is 1. The number of piperidine rings is 1. The Kier molecular flexibility index (Phi) is 4.82. The van der Waals surface area contributed by atoms with Crippen LogP contribution in [-0.2, 0) is 0 Å². The fourth-order valence-electron chi connectivity index (χ4n) is 3.57. The molecule has 1 N–H and O–H groups in total. The summed E-state index contributed by atoms with van der Waals surface area (Å²) in [5.41, 5.74) is 2.74. The molecule has 0 bridgehead atoms. The molecule has 0 radical (unpaired) electrons. The molecule has 26 heavy (non-hydrogen) atoms. The zero-order valence-corrected chi connectivity index (χ0v) is 16.5. The van der Waals surface area contributed by atoms with Gasteiger partial charge in [0.1, 0.15) is 11.4 Å². The Morgan fingerprint density at radius 2 is 2.15 bits per heavy atom. The third kappa shape index (κ3) is 3.29. The summed E-state index contributed by atoms with van der Waals surface area (Å²) in [5, 5.41) is 12.6. The van der Waals surface area contributed by atoms with E-state index in [4.69, 9.17) is 4.74 Å². The highest BCUT2D eigenvalue weighted by molar-refractivity contribution is 9.10. The minimum atomic E-state index is 0.390. The van der Waals surface area contributed by atoms with E-state index in [1.165, 1.54) is 6.42 Å². The molecule has 1 aliphatic heterocycles. The summed E-state index contributed by atoms with van der Waals surface area (Å²) in [5.74, 6) is 1.55. The smallest absolute Gasteiger partial charge is 0.228 e. The maximum Gasteiger partial charge on any atom is 0.228 e. The Bertz CT molecular complexity index is 925. The second-order valence-corrected chi connectivity index (χ2v) is 7.64. The predicted molar refractivity (Wildman–Crippen MR) is 107 cm³/mol. The van der Waals surface area contributed by atoms with Crippen molar-refractivity contribution >= 4 is 27.4 Å². The van der Waals surface area contributed by atoms with Gasteiger partial charge in [-0.15, -0.1) is 10.2 Å². The van der Waals surface area contributed by atoms with E-state index in [0.29, 0.717) is 6.04 Å². The Labute approximate surface area is 161 Å².